The molecule has 0 saturated heterocycles. The van der Waals surface area contributed by atoms with E-state index in [1.165, 1.54) is 11.3 Å². The van der Waals surface area contributed by atoms with Crippen LogP contribution in [0.1, 0.15) is 68.6 Å². The van der Waals surface area contributed by atoms with Crippen molar-refractivity contribution < 1.29 is 9.36 Å². The first kappa shape index (κ1) is 22.9. The molecule has 0 aliphatic carbocycles. The molecule has 2 aromatic rings. The second-order valence-corrected chi connectivity index (χ2v) is 8.27. The predicted octanol–water partition coefficient (Wildman–Crippen LogP) is 5.14. The van der Waals surface area contributed by atoms with Crippen LogP contribution in [-0.2, 0) is 11.9 Å². The Labute approximate surface area is 164 Å². The highest BCUT2D eigenvalue weighted by Gasteiger charge is 2.46. The Morgan fingerprint density at radius 1 is 0.815 bits per heavy atom. The minimum Gasteiger partial charge on any atom is -0.389 e. The van der Waals surface area contributed by atoms with Gasteiger partial charge in [0.15, 0.2) is 0 Å². The lowest BCUT2D eigenvalue weighted by atomic mass is 9.75. The third-order valence-electron chi connectivity index (χ3n) is 6.08. The van der Waals surface area contributed by atoms with Gasteiger partial charge in [0.25, 0.3) is 0 Å². The van der Waals surface area contributed by atoms with Crippen LogP contribution in [-0.4, -0.2) is 26.2 Å². The zero-order chi connectivity index (χ0) is 21.2. The molecule has 3 rings (SSSR count). The summed E-state index contributed by atoms with van der Waals surface area (Å²) >= 11 is 0. The molecule has 0 bridgehead atoms. The molecule has 0 spiro atoms. The first-order chi connectivity index (χ1) is 12.2. The Morgan fingerprint density at radius 3 is 1.48 bits per heavy atom. The number of oxime groups is 1. The van der Waals surface area contributed by atoms with E-state index in [1.54, 1.807) is 0 Å². The second kappa shape index (κ2) is 8.28. The molecule has 3 heterocycles. The molecule has 0 fully saturated rings. The van der Waals surface area contributed by atoms with Crippen LogP contribution in [0.5, 0.6) is 0 Å². The average molecular weight is 377 g/mol. The first-order valence-electron chi connectivity index (χ1n) is 9.32. The van der Waals surface area contributed by atoms with Crippen LogP contribution >= 0.6 is 0 Å². The summed E-state index contributed by atoms with van der Waals surface area (Å²) in [5, 5.41) is 11.9. The Morgan fingerprint density at radius 2 is 1.37 bits per heavy atom. The van der Waals surface area contributed by atoms with Gasteiger partial charge in [0, 0.05) is 23.7 Å². The highest BCUT2D eigenvalue weighted by Crippen LogP contribution is 2.39. The summed E-state index contributed by atoms with van der Waals surface area (Å²) < 4.78 is 6.75. The van der Waals surface area contributed by atoms with Gasteiger partial charge in [-0.25, -0.2) is 0 Å². The fraction of sp³-hybridized carbons (Fsp3) is 0.667. The Kier molecular flexibility index (Phi) is 7.03. The van der Waals surface area contributed by atoms with Crippen molar-refractivity contribution in [2.45, 2.75) is 81.8 Å². The lowest BCUT2D eigenvalue weighted by Gasteiger charge is -2.31. The maximum absolute atomic E-state index is 5.26. The topological polar surface area (TPSA) is 65.4 Å². The van der Waals surface area contributed by atoms with Crippen LogP contribution in [0.2, 0.25) is 0 Å². The van der Waals surface area contributed by atoms with Gasteiger partial charge in [-0.3, -0.25) is 4.68 Å². The molecule has 0 atom stereocenters. The van der Waals surface area contributed by atoms with E-state index in [0.29, 0.717) is 0 Å². The summed E-state index contributed by atoms with van der Waals surface area (Å²) in [4.78, 5) is 5.26. The smallest absolute Gasteiger partial charge is 0.142 e. The predicted molar refractivity (Wildman–Crippen MR) is 110 cm³/mol. The van der Waals surface area contributed by atoms with Crippen LogP contribution in [0.4, 0.5) is 0 Å². The lowest BCUT2D eigenvalue weighted by Crippen LogP contribution is -2.39. The third kappa shape index (κ3) is 4.99. The van der Waals surface area contributed by atoms with Crippen molar-refractivity contribution in [1.29, 1.82) is 0 Å². The summed E-state index contributed by atoms with van der Waals surface area (Å²) in [7, 11) is 1.97. The molecule has 0 radical (unpaired) electrons. The Hall–Kier alpha value is -2.11. The van der Waals surface area contributed by atoms with E-state index in [-0.39, 0.29) is 11.0 Å². The molecule has 0 aromatic carbocycles. The fourth-order valence-electron chi connectivity index (χ4n) is 2.25. The third-order valence-corrected chi connectivity index (χ3v) is 6.08. The minimum absolute atomic E-state index is 0.0764. The molecule has 1 aliphatic heterocycles. The van der Waals surface area contributed by atoms with Crippen molar-refractivity contribution in [1.82, 2.24) is 14.9 Å². The number of nitrogens with zero attached hydrogens (tertiary/aromatic N) is 4. The summed E-state index contributed by atoms with van der Waals surface area (Å²) in [6.45, 7) is 22.5. The van der Waals surface area contributed by atoms with Crippen LogP contribution in [0.15, 0.2) is 9.68 Å². The van der Waals surface area contributed by atoms with E-state index in [4.69, 9.17) is 9.36 Å². The van der Waals surface area contributed by atoms with Crippen LogP contribution < -0.4 is 0 Å². The maximum atomic E-state index is 5.26. The quantitative estimate of drug-likeness (QED) is 0.638. The molecular formula is C21H36N4O2. The van der Waals surface area contributed by atoms with Gasteiger partial charge in [-0.05, 0) is 67.9 Å². The second-order valence-electron chi connectivity index (χ2n) is 8.27. The first-order valence-corrected chi connectivity index (χ1v) is 9.32. The average Bonchev–Trinajstić information content (AvgIpc) is 3.07. The zero-order valence-corrected chi connectivity index (χ0v) is 19.1. The van der Waals surface area contributed by atoms with E-state index < -0.39 is 0 Å². The van der Waals surface area contributed by atoms with Gasteiger partial charge >= 0.3 is 0 Å². The molecule has 27 heavy (non-hydrogen) atoms. The molecule has 0 saturated carbocycles. The standard InChI is InChI=1S/C8H15NO.C7H12N2.C6H9NO/c1-6-7(2,3)8(4,5)10-9-6;1-5-6(2)8-9(4)7(5)3;1-4-5(2)7-8-6(4)3/h1-5H3;1-4H3;1-3H3. The molecule has 6 nitrogen and oxygen atoms in total. The van der Waals surface area contributed by atoms with Crippen LogP contribution in [0.3, 0.4) is 0 Å². The van der Waals surface area contributed by atoms with E-state index in [9.17, 15) is 0 Å². The number of aryl methyl sites for hydroxylation is 4. The van der Waals surface area contributed by atoms with E-state index >= 15 is 0 Å². The van der Waals surface area contributed by atoms with Crippen LogP contribution in [0.25, 0.3) is 0 Å². The summed E-state index contributed by atoms with van der Waals surface area (Å²) in [6, 6.07) is 0. The van der Waals surface area contributed by atoms with Gasteiger partial charge in [0.05, 0.1) is 17.1 Å². The number of rotatable bonds is 0. The van der Waals surface area contributed by atoms with Gasteiger partial charge in [-0.2, -0.15) is 5.10 Å². The number of hydrogen-bond acceptors (Lipinski definition) is 5. The van der Waals surface area contributed by atoms with Gasteiger partial charge in [-0.1, -0.05) is 24.2 Å². The summed E-state index contributed by atoms with van der Waals surface area (Å²) in [6.07, 6.45) is 0. The molecule has 2 aromatic heterocycles. The molecule has 6 heteroatoms. The molecular weight excluding hydrogens is 340 g/mol. The van der Waals surface area contributed by atoms with Crippen molar-refractivity contribution in [2.24, 2.45) is 17.6 Å². The highest BCUT2D eigenvalue weighted by molar-refractivity contribution is 5.89. The molecule has 0 amide bonds. The highest BCUT2D eigenvalue weighted by atomic mass is 16.7. The zero-order valence-electron chi connectivity index (χ0n) is 19.1. The fourth-order valence-corrected chi connectivity index (χ4v) is 2.25. The van der Waals surface area contributed by atoms with E-state index in [1.807, 2.05) is 46.3 Å². The van der Waals surface area contributed by atoms with Crippen molar-refractivity contribution in [3.63, 3.8) is 0 Å². The lowest BCUT2D eigenvalue weighted by molar-refractivity contribution is -0.0409. The van der Waals surface area contributed by atoms with Gasteiger partial charge in [0.1, 0.15) is 11.4 Å². The Bertz CT molecular complexity index is 769. The van der Waals surface area contributed by atoms with Crippen molar-refractivity contribution in [3.8, 4) is 0 Å². The maximum Gasteiger partial charge on any atom is 0.142 e. The number of aromatic nitrogens is 3. The van der Waals surface area contributed by atoms with E-state index in [0.717, 1.165) is 28.4 Å². The van der Waals surface area contributed by atoms with Crippen molar-refractivity contribution in [2.75, 3.05) is 0 Å². The molecule has 1 aliphatic rings. The normalized spacial score (nSPS) is 16.5. The number of hydrogen-bond donors (Lipinski definition) is 0. The monoisotopic (exact) mass is 376 g/mol. The largest absolute Gasteiger partial charge is 0.389 e. The summed E-state index contributed by atoms with van der Waals surface area (Å²) in [5.41, 5.74) is 6.86. The molecule has 152 valence electrons. The van der Waals surface area contributed by atoms with Crippen molar-refractivity contribution >= 4 is 5.71 Å². The molecule has 0 unspecified atom stereocenters. The SMILES string of the molecule is CC1=NOC(C)(C)C1(C)C.Cc1nn(C)c(C)c1C.Cc1noc(C)c1C. The Balaban J connectivity index is 0.000000204. The van der Waals surface area contributed by atoms with Gasteiger partial charge in [0.2, 0.25) is 0 Å². The van der Waals surface area contributed by atoms with Gasteiger partial charge in [-0.15, -0.1) is 0 Å². The van der Waals surface area contributed by atoms with Gasteiger partial charge < -0.3 is 9.36 Å². The summed E-state index contributed by atoms with van der Waals surface area (Å²) in [5.74, 6) is 0.919. The van der Waals surface area contributed by atoms with E-state index in [2.05, 4.69) is 57.0 Å². The molecule has 0 N–H and O–H groups in total. The van der Waals surface area contributed by atoms with Crippen LogP contribution in [0, 0.1) is 47.0 Å². The van der Waals surface area contributed by atoms with Crippen molar-refractivity contribution in [3.05, 3.63) is 34.0 Å². The minimum atomic E-state index is -0.142.